The van der Waals surface area contributed by atoms with Gasteiger partial charge in [0, 0.05) is 0 Å². The van der Waals surface area contributed by atoms with Crippen LogP contribution in [0.25, 0.3) is 0 Å². The predicted molar refractivity (Wildman–Crippen MR) is 89.3 cm³/mol. The van der Waals surface area contributed by atoms with Gasteiger partial charge in [0.2, 0.25) is 0 Å². The van der Waals surface area contributed by atoms with Gasteiger partial charge in [-0.2, -0.15) is 5.26 Å². The van der Waals surface area contributed by atoms with E-state index in [9.17, 15) is 0 Å². The van der Waals surface area contributed by atoms with Crippen molar-refractivity contribution in [3.63, 3.8) is 0 Å². The number of ether oxygens (including phenoxy) is 1. The lowest BCUT2D eigenvalue weighted by molar-refractivity contribution is 0.0941. The molecule has 2 aliphatic rings. The summed E-state index contributed by atoms with van der Waals surface area (Å²) in [7, 11) is 0. The normalized spacial score (nSPS) is 23.4. The largest absolute Gasteiger partial charge is 0.484 e. The minimum atomic E-state index is 0.0808. The molecule has 0 radical (unpaired) electrons. The van der Waals surface area contributed by atoms with Crippen molar-refractivity contribution in [3.8, 4) is 11.8 Å². The summed E-state index contributed by atoms with van der Waals surface area (Å²) >= 11 is 0. The highest BCUT2D eigenvalue weighted by Gasteiger charge is 2.38. The van der Waals surface area contributed by atoms with Gasteiger partial charge >= 0.3 is 0 Å². The molecular formula is C20H20N2O. The van der Waals surface area contributed by atoms with E-state index < -0.39 is 0 Å². The first-order chi connectivity index (χ1) is 11.3. The van der Waals surface area contributed by atoms with Crippen LogP contribution >= 0.6 is 0 Å². The smallest absolute Gasteiger partial charge is 0.140 e. The average molecular weight is 304 g/mol. The maximum absolute atomic E-state index is 8.93. The predicted octanol–water partition coefficient (Wildman–Crippen LogP) is 3.70. The number of hydrogen-bond acceptors (Lipinski definition) is 3. The first-order valence-electron chi connectivity index (χ1n) is 8.34. The van der Waals surface area contributed by atoms with Crippen LogP contribution in [0.1, 0.15) is 35.6 Å². The molecule has 3 heteroatoms. The van der Waals surface area contributed by atoms with Gasteiger partial charge in [0.25, 0.3) is 0 Å². The number of hydrogen-bond donors (Lipinski definition) is 0. The molecule has 23 heavy (non-hydrogen) atoms. The van der Waals surface area contributed by atoms with Gasteiger partial charge in [0.1, 0.15) is 11.9 Å². The van der Waals surface area contributed by atoms with Crippen LogP contribution in [-0.4, -0.2) is 24.0 Å². The Balaban J connectivity index is 1.62. The highest BCUT2D eigenvalue weighted by atomic mass is 16.5. The molecule has 3 nitrogen and oxygen atoms in total. The molecule has 4 rings (SSSR count). The second kappa shape index (κ2) is 6.06. The molecule has 0 spiro atoms. The fourth-order valence-electron chi connectivity index (χ4n) is 3.83. The van der Waals surface area contributed by atoms with Gasteiger partial charge in [0.15, 0.2) is 0 Å². The summed E-state index contributed by atoms with van der Waals surface area (Å²) in [6, 6.07) is 18.7. The van der Waals surface area contributed by atoms with Gasteiger partial charge in [-0.3, -0.25) is 4.90 Å². The molecular weight excluding hydrogens is 284 g/mol. The quantitative estimate of drug-likeness (QED) is 0.867. The standard InChI is InChI=1S/C20H20N2O/c21-14-15-7-9-17(10-8-15)23-20-18-6-2-1-5-16(18)13-19(20)22-11-3-4-12-22/h1-2,5-10,19-20H,3-4,11-13H2/t19-,20-/m0/s1. The molecule has 1 saturated heterocycles. The second-order valence-electron chi connectivity index (χ2n) is 6.39. The molecule has 0 saturated carbocycles. The van der Waals surface area contributed by atoms with Crippen molar-refractivity contribution in [2.75, 3.05) is 13.1 Å². The van der Waals surface area contributed by atoms with Gasteiger partial charge in [-0.05, 0) is 67.7 Å². The van der Waals surface area contributed by atoms with Crippen molar-refractivity contribution in [2.45, 2.75) is 31.4 Å². The topological polar surface area (TPSA) is 36.3 Å². The Morgan fingerprint density at radius 1 is 1.00 bits per heavy atom. The van der Waals surface area contributed by atoms with Gasteiger partial charge in [-0.25, -0.2) is 0 Å². The molecule has 2 aromatic carbocycles. The second-order valence-corrected chi connectivity index (χ2v) is 6.39. The fourth-order valence-corrected chi connectivity index (χ4v) is 3.83. The zero-order valence-corrected chi connectivity index (χ0v) is 13.1. The zero-order chi connectivity index (χ0) is 15.6. The Morgan fingerprint density at radius 3 is 2.48 bits per heavy atom. The molecule has 2 atom stereocenters. The van der Waals surface area contributed by atoms with Crippen LogP contribution in [0.2, 0.25) is 0 Å². The SMILES string of the molecule is N#Cc1ccc(O[C@H]2c3ccccc3C[C@@H]2N2CCCC2)cc1. The number of nitriles is 1. The summed E-state index contributed by atoms with van der Waals surface area (Å²) in [5.74, 6) is 0.843. The Kier molecular flexibility index (Phi) is 3.77. The van der Waals surface area contributed by atoms with Crippen LogP contribution in [0.5, 0.6) is 5.75 Å². The molecule has 116 valence electrons. The molecule has 1 heterocycles. The van der Waals surface area contributed by atoms with Crippen LogP contribution < -0.4 is 4.74 Å². The molecule has 0 N–H and O–H groups in total. The molecule has 0 unspecified atom stereocenters. The summed E-state index contributed by atoms with van der Waals surface area (Å²) in [6.45, 7) is 2.35. The molecule has 2 aromatic rings. The zero-order valence-electron chi connectivity index (χ0n) is 13.1. The van der Waals surface area contributed by atoms with Crippen LogP contribution in [-0.2, 0) is 6.42 Å². The average Bonchev–Trinajstić information content (AvgIpc) is 3.24. The number of fused-ring (bicyclic) bond motifs is 1. The van der Waals surface area contributed by atoms with Crippen molar-refractivity contribution in [2.24, 2.45) is 0 Å². The summed E-state index contributed by atoms with van der Waals surface area (Å²) < 4.78 is 6.38. The first kappa shape index (κ1) is 14.3. The molecule has 1 fully saturated rings. The van der Waals surface area contributed by atoms with E-state index in [1.54, 1.807) is 0 Å². The van der Waals surface area contributed by atoms with Crippen LogP contribution in [0, 0.1) is 11.3 Å². The summed E-state index contributed by atoms with van der Waals surface area (Å²) in [5.41, 5.74) is 3.39. The Labute approximate surface area is 137 Å². The van der Waals surface area contributed by atoms with Gasteiger partial charge in [-0.1, -0.05) is 24.3 Å². The Hall–Kier alpha value is -2.31. The summed E-state index contributed by atoms with van der Waals surface area (Å²) in [5, 5.41) is 8.93. The molecule has 1 aliphatic carbocycles. The van der Waals surface area contributed by atoms with E-state index in [4.69, 9.17) is 10.00 Å². The summed E-state index contributed by atoms with van der Waals surface area (Å²) in [4.78, 5) is 2.58. The van der Waals surface area contributed by atoms with Gasteiger partial charge in [0.05, 0.1) is 17.7 Å². The maximum Gasteiger partial charge on any atom is 0.140 e. The van der Waals surface area contributed by atoms with E-state index in [-0.39, 0.29) is 6.10 Å². The van der Waals surface area contributed by atoms with Crippen molar-refractivity contribution in [3.05, 3.63) is 65.2 Å². The number of nitrogens with zero attached hydrogens (tertiary/aromatic N) is 2. The van der Waals surface area contributed by atoms with E-state index in [0.29, 0.717) is 11.6 Å². The van der Waals surface area contributed by atoms with Crippen LogP contribution in [0.4, 0.5) is 0 Å². The fraction of sp³-hybridized carbons (Fsp3) is 0.350. The van der Waals surface area contributed by atoms with Crippen molar-refractivity contribution >= 4 is 0 Å². The lowest BCUT2D eigenvalue weighted by atomic mass is 10.1. The van der Waals surface area contributed by atoms with Crippen LogP contribution in [0.3, 0.4) is 0 Å². The maximum atomic E-state index is 8.93. The number of likely N-dealkylation sites (tertiary alicyclic amines) is 1. The summed E-state index contributed by atoms with van der Waals surface area (Å²) in [6.07, 6.45) is 3.72. The van der Waals surface area contributed by atoms with E-state index >= 15 is 0 Å². The van der Waals surface area contributed by atoms with Crippen molar-refractivity contribution in [1.82, 2.24) is 4.90 Å². The molecule has 0 bridgehead atoms. The van der Waals surface area contributed by atoms with Crippen molar-refractivity contribution < 1.29 is 4.74 Å². The molecule has 0 aromatic heterocycles. The Bertz CT molecular complexity index is 726. The first-order valence-corrected chi connectivity index (χ1v) is 8.34. The third-order valence-electron chi connectivity index (χ3n) is 5.00. The van der Waals surface area contributed by atoms with Crippen molar-refractivity contribution in [1.29, 1.82) is 5.26 Å². The third-order valence-corrected chi connectivity index (χ3v) is 5.00. The lowest BCUT2D eigenvalue weighted by Crippen LogP contribution is -2.37. The van der Waals surface area contributed by atoms with Crippen LogP contribution in [0.15, 0.2) is 48.5 Å². The highest BCUT2D eigenvalue weighted by molar-refractivity contribution is 5.39. The van der Waals surface area contributed by atoms with Gasteiger partial charge in [-0.15, -0.1) is 0 Å². The van der Waals surface area contributed by atoms with E-state index in [1.165, 1.54) is 37.1 Å². The monoisotopic (exact) mass is 304 g/mol. The number of benzene rings is 2. The molecule has 0 amide bonds. The lowest BCUT2D eigenvalue weighted by Gasteiger charge is -2.30. The highest BCUT2D eigenvalue weighted by Crippen LogP contribution is 2.39. The van der Waals surface area contributed by atoms with E-state index in [0.717, 1.165) is 12.2 Å². The third kappa shape index (κ3) is 2.71. The minimum Gasteiger partial charge on any atom is -0.484 e. The Morgan fingerprint density at radius 2 is 1.74 bits per heavy atom. The minimum absolute atomic E-state index is 0.0808. The van der Waals surface area contributed by atoms with E-state index in [1.807, 2.05) is 24.3 Å². The molecule has 1 aliphatic heterocycles. The van der Waals surface area contributed by atoms with Gasteiger partial charge < -0.3 is 4.74 Å². The van der Waals surface area contributed by atoms with E-state index in [2.05, 4.69) is 35.2 Å². The number of rotatable bonds is 3.